The lowest BCUT2D eigenvalue weighted by molar-refractivity contribution is -0.144. The van der Waals surface area contributed by atoms with E-state index in [4.69, 9.17) is 4.74 Å². The number of hydrogen-bond donors (Lipinski definition) is 2. The number of piperidine rings is 1. The average Bonchev–Trinajstić information content (AvgIpc) is 3.61. The van der Waals surface area contributed by atoms with Crippen LogP contribution in [0.2, 0.25) is 0 Å². The van der Waals surface area contributed by atoms with Crippen LogP contribution in [0.3, 0.4) is 0 Å². The van der Waals surface area contributed by atoms with Gasteiger partial charge in [0, 0.05) is 31.6 Å². The first-order chi connectivity index (χ1) is 27.6. The van der Waals surface area contributed by atoms with Crippen LogP contribution in [0.5, 0.6) is 11.5 Å². The van der Waals surface area contributed by atoms with Crippen LogP contribution >= 0.6 is 15.9 Å². The topological polar surface area (TPSA) is 119 Å². The maximum Gasteiger partial charge on any atom is 0.260 e. The number of hydrazine groups is 1. The second-order valence-corrected chi connectivity index (χ2v) is 17.0. The van der Waals surface area contributed by atoms with Gasteiger partial charge in [0.05, 0.1) is 40.4 Å². The summed E-state index contributed by atoms with van der Waals surface area (Å²) in [4.78, 5) is 63.6. The smallest absolute Gasteiger partial charge is 0.260 e. The van der Waals surface area contributed by atoms with Crippen LogP contribution in [-0.4, -0.2) is 69.8 Å². The molecule has 0 bridgehead atoms. The molecule has 0 radical (unpaired) electrons. The molecule has 0 spiro atoms. The van der Waals surface area contributed by atoms with Gasteiger partial charge in [-0.15, -0.1) is 0 Å². The third kappa shape index (κ3) is 6.00. The Labute approximate surface area is 340 Å². The van der Waals surface area contributed by atoms with Gasteiger partial charge >= 0.3 is 0 Å². The van der Waals surface area contributed by atoms with Crippen molar-refractivity contribution in [2.75, 3.05) is 25.6 Å². The zero-order valence-electron chi connectivity index (χ0n) is 31.9. The highest BCUT2D eigenvalue weighted by Gasteiger charge is 2.70. The standard InChI is InChI=1S/C46H45BrN4O6/c1-27-13-15-31(16-14-27)48-51-43(54)36-25-35-33(40(29-23-37(47)41(52)38(24-29)57-2)46(36,45(51)56)30-11-7-4-8-12-30)17-18-34-39(35)44(55)50(42(34)53)32-19-21-49(22-20-32)26-28-9-5-3-6-10-28/h3-17,23-24,32,34-36,39-40,48,52H,18-22,25-26H2,1-2H3. The molecule has 2 aliphatic carbocycles. The number of nitrogens with one attached hydrogen (secondary N) is 1. The second kappa shape index (κ2) is 14.6. The van der Waals surface area contributed by atoms with Crippen molar-refractivity contribution in [3.63, 3.8) is 0 Å². The fourth-order valence-corrected chi connectivity index (χ4v) is 11.1. The van der Waals surface area contributed by atoms with Crippen molar-refractivity contribution in [3.8, 4) is 11.5 Å². The molecule has 4 fully saturated rings. The number of imide groups is 2. The number of nitrogens with zero attached hydrogens (tertiary/aromatic N) is 3. The zero-order chi connectivity index (χ0) is 39.6. The maximum atomic E-state index is 15.4. The zero-order valence-corrected chi connectivity index (χ0v) is 33.5. The fraction of sp³-hybridized carbons (Fsp3) is 0.348. The summed E-state index contributed by atoms with van der Waals surface area (Å²) >= 11 is 3.53. The number of phenols is 1. The van der Waals surface area contributed by atoms with Gasteiger partial charge in [0.15, 0.2) is 11.5 Å². The Morgan fingerprint density at radius 1 is 0.860 bits per heavy atom. The molecule has 5 aliphatic rings. The summed E-state index contributed by atoms with van der Waals surface area (Å²) in [5, 5.41) is 12.1. The summed E-state index contributed by atoms with van der Waals surface area (Å²) in [5.41, 5.74) is 6.77. The van der Waals surface area contributed by atoms with E-state index in [1.165, 1.54) is 12.7 Å². The quantitative estimate of drug-likeness (QED) is 0.143. The number of aromatic hydroxyl groups is 1. The molecule has 9 rings (SSSR count). The summed E-state index contributed by atoms with van der Waals surface area (Å²) in [5.74, 6) is -4.31. The lowest BCUT2D eigenvalue weighted by Gasteiger charge is -2.50. The van der Waals surface area contributed by atoms with Crippen LogP contribution < -0.4 is 10.2 Å². The Balaban J connectivity index is 1.12. The summed E-state index contributed by atoms with van der Waals surface area (Å²) in [6.45, 7) is 4.35. The van der Waals surface area contributed by atoms with E-state index in [-0.39, 0.29) is 41.7 Å². The van der Waals surface area contributed by atoms with Crippen LogP contribution in [-0.2, 0) is 31.1 Å². The number of likely N-dealkylation sites (tertiary alicyclic amines) is 2. The van der Waals surface area contributed by atoms with Gasteiger partial charge in [-0.05, 0) is 95.4 Å². The van der Waals surface area contributed by atoms with E-state index >= 15 is 4.79 Å². The van der Waals surface area contributed by atoms with Crippen molar-refractivity contribution in [1.29, 1.82) is 0 Å². The molecule has 2 N–H and O–H groups in total. The number of carbonyl (C=O) groups excluding carboxylic acids is 4. The number of ether oxygens (including phenoxy) is 1. The molecule has 3 saturated heterocycles. The average molecular weight is 830 g/mol. The number of fused-ring (bicyclic) bond motifs is 4. The Bertz CT molecular complexity index is 2280. The van der Waals surface area contributed by atoms with E-state index in [0.717, 1.165) is 35.8 Å². The molecule has 1 saturated carbocycles. The Hall–Kier alpha value is -5.26. The lowest BCUT2D eigenvalue weighted by Crippen LogP contribution is -2.53. The third-order valence-corrected chi connectivity index (χ3v) is 13.8. The third-order valence-electron chi connectivity index (χ3n) is 13.2. The normalized spacial score (nSPS) is 27.6. The first kappa shape index (κ1) is 37.3. The number of rotatable bonds is 8. The number of allylic oxidation sites excluding steroid dienone is 2. The first-order valence-electron chi connectivity index (χ1n) is 19.8. The Morgan fingerprint density at radius 2 is 1.54 bits per heavy atom. The van der Waals surface area contributed by atoms with Gasteiger partial charge in [-0.1, -0.05) is 90.0 Å². The van der Waals surface area contributed by atoms with Crippen LogP contribution in [0.25, 0.3) is 0 Å². The van der Waals surface area contributed by atoms with Crippen molar-refractivity contribution in [3.05, 3.63) is 135 Å². The van der Waals surface area contributed by atoms with Crippen molar-refractivity contribution in [2.24, 2.45) is 23.7 Å². The largest absolute Gasteiger partial charge is 0.503 e. The van der Waals surface area contributed by atoms with Gasteiger partial charge in [0.1, 0.15) is 0 Å². The summed E-state index contributed by atoms with van der Waals surface area (Å²) < 4.78 is 6.01. The van der Waals surface area contributed by atoms with Crippen molar-refractivity contribution >= 4 is 45.2 Å². The molecule has 6 unspecified atom stereocenters. The van der Waals surface area contributed by atoms with E-state index in [1.807, 2.05) is 79.7 Å². The first-order valence-corrected chi connectivity index (χ1v) is 20.6. The van der Waals surface area contributed by atoms with Gasteiger partial charge in [-0.25, -0.2) is 0 Å². The highest BCUT2D eigenvalue weighted by Crippen LogP contribution is 2.64. The van der Waals surface area contributed by atoms with Crippen LogP contribution in [0.1, 0.15) is 53.9 Å². The molecule has 4 aromatic carbocycles. The van der Waals surface area contributed by atoms with Crippen LogP contribution in [0.4, 0.5) is 5.69 Å². The molecule has 10 nitrogen and oxygen atoms in total. The van der Waals surface area contributed by atoms with Crippen molar-refractivity contribution in [1.82, 2.24) is 14.8 Å². The van der Waals surface area contributed by atoms with Gasteiger partial charge in [-0.2, -0.15) is 5.01 Å². The molecule has 6 atom stereocenters. The summed E-state index contributed by atoms with van der Waals surface area (Å²) in [6.07, 6.45) is 4.03. The van der Waals surface area contributed by atoms with Gasteiger partial charge < -0.3 is 9.84 Å². The molecule has 3 aliphatic heterocycles. The van der Waals surface area contributed by atoms with Gasteiger partial charge in [0.25, 0.3) is 11.8 Å². The number of amides is 4. The predicted molar refractivity (Wildman–Crippen MR) is 218 cm³/mol. The number of benzene rings is 4. The number of methoxy groups -OCH3 is 1. The number of halogens is 1. The number of hydrogen-bond acceptors (Lipinski definition) is 8. The highest BCUT2D eigenvalue weighted by molar-refractivity contribution is 9.10. The number of carbonyl (C=O) groups is 4. The van der Waals surface area contributed by atoms with Gasteiger partial charge in [0.2, 0.25) is 11.8 Å². The lowest BCUT2D eigenvalue weighted by atomic mass is 9.49. The van der Waals surface area contributed by atoms with E-state index in [0.29, 0.717) is 40.5 Å². The second-order valence-electron chi connectivity index (χ2n) is 16.2. The minimum absolute atomic E-state index is 0.0878. The SMILES string of the molecule is COc1cc(C2C3=CCC4C(=O)N(C5CCN(Cc6ccccc6)CC5)C(=O)C4C3CC3C(=O)N(Nc4ccc(C)cc4)C(=O)C32c2ccccc2)cc(Br)c1O. The number of anilines is 1. The van der Waals surface area contributed by atoms with Crippen molar-refractivity contribution in [2.45, 2.75) is 56.5 Å². The molecule has 11 heteroatoms. The number of phenolic OH excluding ortho intramolecular Hbond substituents is 1. The summed E-state index contributed by atoms with van der Waals surface area (Å²) in [6, 6.07) is 30.6. The fourth-order valence-electron chi connectivity index (χ4n) is 10.6. The van der Waals surface area contributed by atoms with E-state index in [9.17, 15) is 19.5 Å². The van der Waals surface area contributed by atoms with E-state index in [2.05, 4.69) is 44.5 Å². The minimum atomic E-state index is -1.43. The minimum Gasteiger partial charge on any atom is -0.503 e. The molecule has 4 amide bonds. The maximum absolute atomic E-state index is 15.4. The van der Waals surface area contributed by atoms with Crippen LogP contribution in [0, 0.1) is 30.6 Å². The molecule has 3 heterocycles. The molecule has 292 valence electrons. The highest BCUT2D eigenvalue weighted by atomic mass is 79.9. The Morgan fingerprint density at radius 3 is 2.23 bits per heavy atom. The van der Waals surface area contributed by atoms with Gasteiger partial charge in [-0.3, -0.25) is 34.4 Å². The molecule has 4 aromatic rings. The molecule has 57 heavy (non-hydrogen) atoms. The summed E-state index contributed by atoms with van der Waals surface area (Å²) in [7, 11) is 1.47. The molecular formula is C46H45BrN4O6. The van der Waals surface area contributed by atoms with Crippen molar-refractivity contribution < 1.29 is 29.0 Å². The van der Waals surface area contributed by atoms with E-state index < -0.39 is 40.9 Å². The monoisotopic (exact) mass is 828 g/mol. The molecular weight excluding hydrogens is 784 g/mol. The molecule has 0 aromatic heterocycles. The predicted octanol–water partition coefficient (Wildman–Crippen LogP) is 7.12. The van der Waals surface area contributed by atoms with E-state index in [1.54, 1.807) is 17.0 Å². The number of aryl methyl sites for hydroxylation is 1. The Kier molecular flexibility index (Phi) is 9.56. The van der Waals surface area contributed by atoms with Crippen LogP contribution in [0.15, 0.2) is 113 Å².